The van der Waals surface area contributed by atoms with Crippen molar-refractivity contribution in [3.63, 3.8) is 0 Å². The minimum absolute atomic E-state index is 0.0545. The minimum atomic E-state index is -0.268. The summed E-state index contributed by atoms with van der Waals surface area (Å²) in [6, 6.07) is 15.7. The number of fused-ring (bicyclic) bond motifs is 2. The monoisotopic (exact) mass is 403 g/mol. The first kappa shape index (κ1) is 20.2. The molecule has 2 aromatic carbocycles. The molecule has 2 heterocycles. The van der Waals surface area contributed by atoms with Crippen molar-refractivity contribution >= 4 is 22.7 Å². The summed E-state index contributed by atoms with van der Waals surface area (Å²) in [6.45, 7) is 7.03. The number of aryl methyl sites for hydroxylation is 1. The fraction of sp³-hybridized carbons (Fsp3) is 0.360. The SMILES string of the molecule is Cc1c(C2c3ccccc3C(=O)N2CC(=O)NCCC(C)C)c2ccccc2n1C. The average Bonchev–Trinajstić information content (AvgIpc) is 3.13. The van der Waals surface area contributed by atoms with E-state index in [9.17, 15) is 9.59 Å². The molecule has 1 unspecified atom stereocenters. The van der Waals surface area contributed by atoms with Gasteiger partial charge in [-0.25, -0.2) is 0 Å². The van der Waals surface area contributed by atoms with Crippen LogP contribution in [0.2, 0.25) is 0 Å². The molecule has 0 saturated carbocycles. The predicted molar refractivity (Wildman–Crippen MR) is 119 cm³/mol. The molecule has 0 spiro atoms. The van der Waals surface area contributed by atoms with Crippen molar-refractivity contribution in [1.29, 1.82) is 0 Å². The number of aromatic nitrogens is 1. The van der Waals surface area contributed by atoms with Crippen LogP contribution in [0.15, 0.2) is 48.5 Å². The molecule has 1 atom stereocenters. The molecule has 0 fully saturated rings. The lowest BCUT2D eigenvalue weighted by molar-refractivity contribution is -0.122. The molecule has 5 heteroatoms. The van der Waals surface area contributed by atoms with Crippen LogP contribution in [0, 0.1) is 12.8 Å². The van der Waals surface area contributed by atoms with Crippen LogP contribution in [0.25, 0.3) is 10.9 Å². The van der Waals surface area contributed by atoms with Gasteiger partial charge >= 0.3 is 0 Å². The summed E-state index contributed by atoms with van der Waals surface area (Å²) in [5, 5.41) is 4.10. The third-order valence-corrected chi connectivity index (χ3v) is 6.14. The van der Waals surface area contributed by atoms with Gasteiger partial charge in [0.05, 0.1) is 6.04 Å². The fourth-order valence-electron chi connectivity index (χ4n) is 4.45. The summed E-state index contributed by atoms with van der Waals surface area (Å²) >= 11 is 0. The van der Waals surface area contributed by atoms with Crippen LogP contribution in [0.5, 0.6) is 0 Å². The second-order valence-electron chi connectivity index (χ2n) is 8.53. The number of amides is 2. The molecule has 0 saturated heterocycles. The Hall–Kier alpha value is -3.08. The molecular weight excluding hydrogens is 374 g/mol. The number of nitrogens with one attached hydrogen (secondary N) is 1. The van der Waals surface area contributed by atoms with E-state index < -0.39 is 0 Å². The third-order valence-electron chi connectivity index (χ3n) is 6.14. The summed E-state index contributed by atoms with van der Waals surface area (Å²) in [6.07, 6.45) is 0.922. The number of hydrogen-bond acceptors (Lipinski definition) is 2. The number of rotatable bonds is 6. The quantitative estimate of drug-likeness (QED) is 0.671. The lowest BCUT2D eigenvalue weighted by Crippen LogP contribution is -2.40. The van der Waals surface area contributed by atoms with Crippen molar-refractivity contribution in [1.82, 2.24) is 14.8 Å². The molecule has 156 valence electrons. The Morgan fingerprint density at radius 1 is 1.10 bits per heavy atom. The van der Waals surface area contributed by atoms with Crippen LogP contribution in [0.3, 0.4) is 0 Å². The summed E-state index contributed by atoms with van der Waals surface area (Å²) in [5.41, 5.74) is 4.99. The second-order valence-corrected chi connectivity index (χ2v) is 8.53. The van der Waals surface area contributed by atoms with Crippen LogP contribution in [-0.2, 0) is 11.8 Å². The third kappa shape index (κ3) is 3.38. The standard InChI is InChI=1S/C25H29N3O2/c1-16(2)13-14-26-22(29)15-28-24(18-9-5-6-10-19(18)25(28)30)23-17(3)27(4)21-12-8-7-11-20(21)23/h5-12,16,24H,13-15H2,1-4H3,(H,26,29). The molecule has 3 aromatic rings. The zero-order valence-electron chi connectivity index (χ0n) is 18.1. The highest BCUT2D eigenvalue weighted by atomic mass is 16.2. The van der Waals surface area contributed by atoms with E-state index >= 15 is 0 Å². The summed E-state index contributed by atoms with van der Waals surface area (Å²) in [7, 11) is 2.05. The number of para-hydroxylation sites is 1. The number of benzene rings is 2. The summed E-state index contributed by atoms with van der Waals surface area (Å²) in [5.74, 6) is 0.329. The topological polar surface area (TPSA) is 54.3 Å². The van der Waals surface area contributed by atoms with Crippen LogP contribution in [-0.4, -0.2) is 34.4 Å². The van der Waals surface area contributed by atoms with Gasteiger partial charge in [-0.2, -0.15) is 0 Å². The van der Waals surface area contributed by atoms with E-state index in [-0.39, 0.29) is 24.4 Å². The molecule has 1 N–H and O–H groups in total. The molecule has 30 heavy (non-hydrogen) atoms. The fourth-order valence-corrected chi connectivity index (χ4v) is 4.45. The van der Waals surface area contributed by atoms with Crippen LogP contribution >= 0.6 is 0 Å². The number of carbonyl (C=O) groups is 2. The van der Waals surface area contributed by atoms with Crippen molar-refractivity contribution < 1.29 is 9.59 Å². The van der Waals surface area contributed by atoms with E-state index in [0.29, 0.717) is 18.0 Å². The Labute approximate surface area is 177 Å². The van der Waals surface area contributed by atoms with Crippen LogP contribution < -0.4 is 5.32 Å². The van der Waals surface area contributed by atoms with Gasteiger partial charge in [-0.1, -0.05) is 50.2 Å². The number of nitrogens with zero attached hydrogens (tertiary/aromatic N) is 2. The molecule has 5 nitrogen and oxygen atoms in total. The van der Waals surface area contributed by atoms with Crippen molar-refractivity contribution in [2.24, 2.45) is 13.0 Å². The largest absolute Gasteiger partial charge is 0.355 e. The van der Waals surface area contributed by atoms with Gasteiger partial charge in [-0.15, -0.1) is 0 Å². The maximum Gasteiger partial charge on any atom is 0.255 e. The first-order valence-electron chi connectivity index (χ1n) is 10.6. The molecular formula is C25H29N3O2. The molecule has 2 amide bonds. The Bertz CT molecular complexity index is 1110. The molecule has 1 aromatic heterocycles. The zero-order valence-corrected chi connectivity index (χ0v) is 18.1. The van der Waals surface area contributed by atoms with Crippen LogP contribution in [0.4, 0.5) is 0 Å². The van der Waals surface area contributed by atoms with Gasteiger partial charge in [0.1, 0.15) is 6.54 Å². The molecule has 0 aliphatic carbocycles. The van der Waals surface area contributed by atoms with Crippen molar-refractivity contribution in [3.8, 4) is 0 Å². The Morgan fingerprint density at radius 2 is 1.80 bits per heavy atom. The van der Waals surface area contributed by atoms with Crippen LogP contribution in [0.1, 0.15) is 53.5 Å². The highest BCUT2D eigenvalue weighted by Crippen LogP contribution is 2.43. The van der Waals surface area contributed by atoms with E-state index in [1.807, 2.05) is 43.4 Å². The van der Waals surface area contributed by atoms with Gasteiger partial charge in [0.25, 0.3) is 5.91 Å². The summed E-state index contributed by atoms with van der Waals surface area (Å²) in [4.78, 5) is 27.7. The molecule has 0 radical (unpaired) electrons. The Balaban J connectivity index is 1.75. The Kier molecular flexibility index (Phi) is 5.37. The molecule has 1 aliphatic rings. The van der Waals surface area contributed by atoms with Crippen molar-refractivity contribution in [2.45, 2.75) is 33.2 Å². The van der Waals surface area contributed by atoms with E-state index in [1.165, 1.54) is 0 Å². The van der Waals surface area contributed by atoms with E-state index in [2.05, 4.69) is 42.8 Å². The lowest BCUT2D eigenvalue weighted by Gasteiger charge is -2.26. The second kappa shape index (κ2) is 7.98. The smallest absolute Gasteiger partial charge is 0.255 e. The predicted octanol–water partition coefficient (Wildman–Crippen LogP) is 4.19. The van der Waals surface area contributed by atoms with Gasteiger partial charge in [0, 0.05) is 41.3 Å². The normalized spacial score (nSPS) is 15.8. The first-order valence-corrected chi connectivity index (χ1v) is 10.6. The first-order chi connectivity index (χ1) is 14.4. The number of hydrogen-bond donors (Lipinski definition) is 1. The average molecular weight is 404 g/mol. The Morgan fingerprint density at radius 3 is 2.57 bits per heavy atom. The van der Waals surface area contributed by atoms with Gasteiger partial charge < -0.3 is 14.8 Å². The van der Waals surface area contributed by atoms with Gasteiger partial charge in [0.2, 0.25) is 5.91 Å². The molecule has 1 aliphatic heterocycles. The van der Waals surface area contributed by atoms with E-state index in [1.54, 1.807) is 4.90 Å². The maximum absolute atomic E-state index is 13.3. The van der Waals surface area contributed by atoms with E-state index in [0.717, 1.165) is 34.1 Å². The molecule has 4 rings (SSSR count). The minimum Gasteiger partial charge on any atom is -0.355 e. The van der Waals surface area contributed by atoms with Gasteiger partial charge in [0.15, 0.2) is 0 Å². The highest BCUT2D eigenvalue weighted by Gasteiger charge is 2.40. The van der Waals surface area contributed by atoms with E-state index in [4.69, 9.17) is 0 Å². The van der Waals surface area contributed by atoms with Crippen molar-refractivity contribution in [2.75, 3.05) is 13.1 Å². The van der Waals surface area contributed by atoms with Gasteiger partial charge in [-0.3, -0.25) is 9.59 Å². The number of carbonyl (C=O) groups excluding carboxylic acids is 2. The van der Waals surface area contributed by atoms with Gasteiger partial charge in [-0.05, 0) is 37.0 Å². The maximum atomic E-state index is 13.3. The highest BCUT2D eigenvalue weighted by molar-refractivity contribution is 6.02. The molecule has 0 bridgehead atoms. The lowest BCUT2D eigenvalue weighted by atomic mass is 9.95. The summed E-state index contributed by atoms with van der Waals surface area (Å²) < 4.78 is 2.16. The zero-order chi connectivity index (χ0) is 21.4. The van der Waals surface area contributed by atoms with Crippen molar-refractivity contribution in [3.05, 3.63) is 70.9 Å².